The van der Waals surface area contributed by atoms with Crippen LogP contribution in [0.3, 0.4) is 0 Å². The molecule has 0 unspecified atom stereocenters. The van der Waals surface area contributed by atoms with E-state index in [-0.39, 0.29) is 5.41 Å². The molecule has 11 rings (SSSR count). The summed E-state index contributed by atoms with van der Waals surface area (Å²) < 4.78 is 6.65. The minimum absolute atomic E-state index is 0.102. The van der Waals surface area contributed by atoms with E-state index in [0.717, 1.165) is 50.8 Å². The van der Waals surface area contributed by atoms with Gasteiger partial charge in [-0.3, -0.25) is 0 Å². The zero-order chi connectivity index (χ0) is 38.1. The predicted molar refractivity (Wildman–Crippen MR) is 238 cm³/mol. The van der Waals surface area contributed by atoms with Crippen molar-refractivity contribution in [2.75, 3.05) is 4.90 Å². The highest BCUT2D eigenvalue weighted by Gasteiger charge is 2.35. The molecule has 0 aromatic heterocycles. The predicted octanol–water partition coefficient (Wildman–Crippen LogP) is 15.4. The number of fused-ring (bicyclic) bond motifs is 10. The summed E-state index contributed by atoms with van der Waals surface area (Å²) in [4.78, 5) is 2.39. The summed E-state index contributed by atoms with van der Waals surface area (Å²) in [5.41, 5.74) is 18.0. The third kappa shape index (κ3) is 5.40. The Bertz CT molecular complexity index is 3000. The number of para-hydroxylation sites is 1. The Kier molecular flexibility index (Phi) is 7.55. The molecule has 0 saturated carbocycles. The first-order chi connectivity index (χ1) is 28.0. The molecule has 0 N–H and O–H groups in total. The zero-order valence-electron chi connectivity index (χ0n) is 31.9. The average molecular weight is 730 g/mol. The van der Waals surface area contributed by atoms with Crippen LogP contribution in [-0.2, 0) is 5.41 Å². The molecule has 2 nitrogen and oxygen atoms in total. The van der Waals surface area contributed by atoms with Gasteiger partial charge in [0.1, 0.15) is 11.5 Å². The first kappa shape index (κ1) is 33.2. The van der Waals surface area contributed by atoms with Crippen LogP contribution in [0.15, 0.2) is 200 Å². The Balaban J connectivity index is 1.03. The van der Waals surface area contributed by atoms with Gasteiger partial charge in [0.15, 0.2) is 0 Å². The Hall–Kier alpha value is -7.16. The standard InChI is InChI=1S/C55H39NO/c1-55(2)50-18-10-8-16-46(50)47-32-30-43(35-51(47)55)56(41-26-20-37(21-27-41)36-12-4-3-5-13-36)42-28-22-38(23-29-42)40-24-31-45-48-17-9-11-19-52(48)57-53-33-25-39-14-6-7-15-44(39)54(53)49(45)34-40/h3-35H,1-2H3. The monoisotopic (exact) mass is 729 g/mol. The molecule has 0 saturated heterocycles. The Morgan fingerprint density at radius 1 is 0.368 bits per heavy atom. The number of anilines is 3. The van der Waals surface area contributed by atoms with Gasteiger partial charge in [0, 0.05) is 33.6 Å². The molecule has 9 aromatic rings. The van der Waals surface area contributed by atoms with Crippen LogP contribution in [0.2, 0.25) is 0 Å². The summed E-state index contributed by atoms with van der Waals surface area (Å²) in [7, 11) is 0. The van der Waals surface area contributed by atoms with E-state index < -0.39 is 0 Å². The molecule has 0 radical (unpaired) electrons. The molecular weight excluding hydrogens is 691 g/mol. The van der Waals surface area contributed by atoms with Gasteiger partial charge in [-0.25, -0.2) is 0 Å². The summed E-state index contributed by atoms with van der Waals surface area (Å²) in [6.45, 7) is 4.70. The largest absolute Gasteiger partial charge is 0.456 e. The molecule has 0 bridgehead atoms. The summed E-state index contributed by atoms with van der Waals surface area (Å²) in [6.07, 6.45) is 0. The van der Waals surface area contributed by atoms with Crippen molar-refractivity contribution in [1.29, 1.82) is 0 Å². The summed E-state index contributed by atoms with van der Waals surface area (Å²) >= 11 is 0. The van der Waals surface area contributed by atoms with E-state index in [4.69, 9.17) is 4.74 Å². The zero-order valence-corrected chi connectivity index (χ0v) is 31.9. The highest BCUT2D eigenvalue weighted by Crippen LogP contribution is 2.52. The van der Waals surface area contributed by atoms with Crippen molar-refractivity contribution in [3.8, 4) is 67.1 Å². The molecule has 1 heterocycles. The smallest absolute Gasteiger partial charge is 0.135 e. The van der Waals surface area contributed by atoms with Gasteiger partial charge in [0.2, 0.25) is 0 Å². The number of hydrogen-bond acceptors (Lipinski definition) is 2. The Morgan fingerprint density at radius 3 is 1.74 bits per heavy atom. The van der Waals surface area contributed by atoms with Crippen molar-refractivity contribution in [3.05, 3.63) is 211 Å². The van der Waals surface area contributed by atoms with Gasteiger partial charge in [-0.2, -0.15) is 0 Å². The molecule has 270 valence electrons. The van der Waals surface area contributed by atoms with Gasteiger partial charge in [0.05, 0.1) is 0 Å². The molecule has 57 heavy (non-hydrogen) atoms. The molecular formula is C55H39NO. The minimum atomic E-state index is -0.102. The van der Waals surface area contributed by atoms with Gasteiger partial charge in [-0.05, 0) is 121 Å². The quantitative estimate of drug-likeness (QED) is 0.175. The van der Waals surface area contributed by atoms with Crippen molar-refractivity contribution < 1.29 is 4.74 Å². The first-order valence-corrected chi connectivity index (χ1v) is 19.8. The van der Waals surface area contributed by atoms with Crippen molar-refractivity contribution in [2.24, 2.45) is 0 Å². The van der Waals surface area contributed by atoms with Crippen LogP contribution in [0.25, 0.3) is 66.4 Å². The fourth-order valence-corrected chi connectivity index (χ4v) is 9.19. The van der Waals surface area contributed by atoms with Gasteiger partial charge in [-0.15, -0.1) is 0 Å². The van der Waals surface area contributed by atoms with Crippen molar-refractivity contribution in [3.63, 3.8) is 0 Å². The number of benzene rings is 9. The van der Waals surface area contributed by atoms with Crippen LogP contribution < -0.4 is 9.64 Å². The first-order valence-electron chi connectivity index (χ1n) is 19.8. The van der Waals surface area contributed by atoms with Crippen LogP contribution in [0, 0.1) is 0 Å². The number of nitrogens with zero attached hydrogens (tertiary/aromatic N) is 1. The van der Waals surface area contributed by atoms with E-state index in [1.165, 1.54) is 55.3 Å². The third-order valence-corrected chi connectivity index (χ3v) is 12.1. The molecule has 9 aromatic carbocycles. The molecule has 2 heteroatoms. The molecule has 0 fully saturated rings. The van der Waals surface area contributed by atoms with E-state index in [1.54, 1.807) is 0 Å². The molecule has 2 aliphatic rings. The van der Waals surface area contributed by atoms with Crippen LogP contribution in [0.1, 0.15) is 25.0 Å². The van der Waals surface area contributed by atoms with Gasteiger partial charge in [-0.1, -0.05) is 159 Å². The highest BCUT2D eigenvalue weighted by atomic mass is 16.5. The molecule has 1 aliphatic carbocycles. The maximum Gasteiger partial charge on any atom is 0.135 e. The maximum absolute atomic E-state index is 6.65. The van der Waals surface area contributed by atoms with Crippen LogP contribution in [0.4, 0.5) is 17.1 Å². The van der Waals surface area contributed by atoms with E-state index in [0.29, 0.717) is 0 Å². The molecule has 1 aliphatic heterocycles. The summed E-state index contributed by atoms with van der Waals surface area (Å²) in [5, 5.41) is 2.38. The van der Waals surface area contributed by atoms with Crippen molar-refractivity contribution in [1.82, 2.24) is 0 Å². The second-order valence-electron chi connectivity index (χ2n) is 15.7. The van der Waals surface area contributed by atoms with E-state index in [2.05, 4.69) is 213 Å². The molecule has 0 amide bonds. The molecule has 0 atom stereocenters. The van der Waals surface area contributed by atoms with Gasteiger partial charge >= 0.3 is 0 Å². The minimum Gasteiger partial charge on any atom is -0.456 e. The maximum atomic E-state index is 6.65. The molecule has 0 spiro atoms. The van der Waals surface area contributed by atoms with Crippen LogP contribution in [-0.4, -0.2) is 0 Å². The van der Waals surface area contributed by atoms with E-state index in [9.17, 15) is 0 Å². The van der Waals surface area contributed by atoms with Crippen molar-refractivity contribution in [2.45, 2.75) is 19.3 Å². The second-order valence-corrected chi connectivity index (χ2v) is 15.7. The van der Waals surface area contributed by atoms with Gasteiger partial charge < -0.3 is 9.64 Å². The Labute approximate surface area is 333 Å². The normalized spacial score (nSPS) is 13.0. The van der Waals surface area contributed by atoms with Crippen molar-refractivity contribution >= 4 is 27.8 Å². The fraction of sp³-hybridized carbons (Fsp3) is 0.0545. The number of hydrogen-bond donors (Lipinski definition) is 0. The number of ether oxygens (including phenoxy) is 1. The lowest BCUT2D eigenvalue weighted by Gasteiger charge is -2.28. The SMILES string of the molecule is CC1(C)c2ccccc2-c2ccc(N(c3ccc(-c4ccccc4)cc3)c3ccc(-c4ccc5c(c4)-c4c(ccc6ccccc46)Oc4ccccc4-5)cc3)cc21. The fourth-order valence-electron chi connectivity index (χ4n) is 9.19. The third-order valence-electron chi connectivity index (χ3n) is 12.1. The topological polar surface area (TPSA) is 12.5 Å². The Morgan fingerprint density at radius 2 is 0.947 bits per heavy atom. The van der Waals surface area contributed by atoms with Crippen LogP contribution >= 0.6 is 0 Å². The van der Waals surface area contributed by atoms with E-state index in [1.807, 2.05) is 6.07 Å². The lowest BCUT2D eigenvalue weighted by atomic mass is 9.82. The lowest BCUT2D eigenvalue weighted by molar-refractivity contribution is 0.488. The van der Waals surface area contributed by atoms with Gasteiger partial charge in [0.25, 0.3) is 0 Å². The summed E-state index contributed by atoms with van der Waals surface area (Å²) in [6, 6.07) is 72.6. The average Bonchev–Trinajstić information content (AvgIpc) is 3.39. The van der Waals surface area contributed by atoms with E-state index >= 15 is 0 Å². The summed E-state index contributed by atoms with van der Waals surface area (Å²) in [5.74, 6) is 1.75. The highest BCUT2D eigenvalue weighted by molar-refractivity contribution is 6.05. The lowest BCUT2D eigenvalue weighted by Crippen LogP contribution is -2.16. The number of rotatable bonds is 5. The van der Waals surface area contributed by atoms with Crippen LogP contribution in [0.5, 0.6) is 11.5 Å². The second kappa shape index (κ2) is 13.0.